The Bertz CT molecular complexity index is 886. The smallest absolute Gasteiger partial charge is 0.289 e. The van der Waals surface area contributed by atoms with Crippen LogP contribution in [0.1, 0.15) is 10.4 Å². The fourth-order valence-electron chi connectivity index (χ4n) is 1.69. The van der Waals surface area contributed by atoms with Gasteiger partial charge in [-0.15, -0.1) is 0 Å². The summed E-state index contributed by atoms with van der Waals surface area (Å²) in [4.78, 5) is 20.3. The van der Waals surface area contributed by atoms with E-state index in [2.05, 4.69) is 4.72 Å². The Morgan fingerprint density at radius 3 is 2.21 bits per heavy atom. The third kappa shape index (κ3) is 4.99. The van der Waals surface area contributed by atoms with Gasteiger partial charge in [0.1, 0.15) is 5.02 Å². The van der Waals surface area contributed by atoms with Gasteiger partial charge in [-0.3, -0.25) is 14.8 Å². The number of nitrogens with one attached hydrogen (secondary N) is 1. The number of nitrogens with zero attached hydrogens (tertiary/aromatic N) is 1. The third-order valence-corrected chi connectivity index (χ3v) is 4.50. The molecular weight excluding hydrogens is 387 g/mol. The molecule has 0 heterocycles. The number of carbonyl (C=O) groups is 1. The van der Waals surface area contributed by atoms with E-state index in [-0.39, 0.29) is 72.6 Å². The van der Waals surface area contributed by atoms with Gasteiger partial charge in [0.15, 0.2) is 0 Å². The summed E-state index contributed by atoms with van der Waals surface area (Å²) < 4.78 is 26.6. The average Bonchev–Trinajstić information content (AvgIpc) is 2.47. The number of anilines is 1. The fourth-order valence-corrected chi connectivity index (χ4v) is 2.95. The standard InChI is InChI=1S/C13H9ClN2O6S.K/c14-11-6-5-10(7-12(11)16(19)20)23(21,22)15-9-3-1-8(2-4-9)13(17)18;/h1-7,15H,(H,17,18);/p-1. The second-order valence-electron chi connectivity index (χ2n) is 4.34. The van der Waals surface area contributed by atoms with Crippen molar-refractivity contribution in [3.63, 3.8) is 0 Å². The number of carbonyl (C=O) groups excluding carboxylic acids is 1. The van der Waals surface area contributed by atoms with Gasteiger partial charge in [0, 0.05) is 63.1 Å². The second kappa shape index (κ2) is 8.38. The van der Waals surface area contributed by atoms with Gasteiger partial charge in [-0.1, -0.05) is 23.7 Å². The molecule has 0 unspecified atom stereocenters. The first kappa shape index (κ1) is 21.0. The minimum atomic E-state index is -4.10. The Hall–Kier alpha value is -1.01. The molecule has 0 amide bonds. The molecule has 8 nitrogen and oxygen atoms in total. The number of nitro groups is 1. The zero-order chi connectivity index (χ0) is 17.2. The first-order valence-electron chi connectivity index (χ1n) is 5.99. The molecule has 0 aliphatic rings. The molecule has 0 saturated heterocycles. The number of hydrogen-bond acceptors (Lipinski definition) is 6. The van der Waals surface area contributed by atoms with Gasteiger partial charge < -0.3 is 9.90 Å². The maximum atomic E-state index is 12.2. The number of hydrogen-bond donors (Lipinski definition) is 1. The molecule has 1 N–H and O–H groups in total. The van der Waals surface area contributed by atoms with Crippen LogP contribution in [0.5, 0.6) is 0 Å². The van der Waals surface area contributed by atoms with Crippen molar-refractivity contribution < 1.29 is 23.2 Å². The maximum absolute atomic E-state index is 12.2. The van der Waals surface area contributed by atoms with Crippen LogP contribution in [0.15, 0.2) is 47.4 Å². The van der Waals surface area contributed by atoms with E-state index >= 15 is 0 Å². The number of carboxylic acid groups (broad SMARTS) is 1. The quantitative estimate of drug-likeness (QED) is 0.458. The van der Waals surface area contributed by atoms with Gasteiger partial charge in [-0.25, -0.2) is 8.42 Å². The Labute approximate surface area is 184 Å². The molecule has 0 bridgehead atoms. The molecule has 0 saturated carbocycles. The molecule has 2 aromatic rings. The molecule has 121 valence electrons. The van der Waals surface area contributed by atoms with Gasteiger partial charge in [-0.2, -0.15) is 0 Å². The second-order valence-corrected chi connectivity index (χ2v) is 6.43. The predicted octanol–water partition coefficient (Wildman–Crippen LogP) is 1.03. The summed E-state index contributed by atoms with van der Waals surface area (Å²) in [5.41, 5.74) is -0.565. The van der Waals surface area contributed by atoms with Gasteiger partial charge in [0.2, 0.25) is 0 Å². The number of rotatable bonds is 5. The van der Waals surface area contributed by atoms with E-state index in [0.29, 0.717) is 0 Å². The van der Waals surface area contributed by atoms with E-state index in [0.717, 1.165) is 30.3 Å². The van der Waals surface area contributed by atoms with Gasteiger partial charge in [-0.05, 0) is 29.8 Å². The van der Waals surface area contributed by atoms with Gasteiger partial charge in [0.25, 0.3) is 15.7 Å². The Balaban J connectivity index is 0.00000288. The minimum Gasteiger partial charge on any atom is -0.545 e. The Morgan fingerprint density at radius 2 is 1.71 bits per heavy atom. The summed E-state index contributed by atoms with van der Waals surface area (Å²) in [5, 5.41) is 21.2. The van der Waals surface area contributed by atoms with Gasteiger partial charge >= 0.3 is 0 Å². The summed E-state index contributed by atoms with van der Waals surface area (Å²) >= 11 is 5.63. The molecule has 0 spiro atoms. The topological polar surface area (TPSA) is 129 Å². The van der Waals surface area contributed by atoms with E-state index in [1.54, 1.807) is 0 Å². The predicted molar refractivity (Wildman–Crippen MR) is 85.4 cm³/mol. The van der Waals surface area contributed by atoms with Crippen LogP contribution in [0.2, 0.25) is 5.02 Å². The van der Waals surface area contributed by atoms with Crippen molar-refractivity contribution in [3.05, 3.63) is 63.2 Å². The largest absolute Gasteiger partial charge is 0.545 e. The van der Waals surface area contributed by atoms with Crippen LogP contribution < -0.4 is 9.83 Å². The molecule has 2 aromatic carbocycles. The SMILES string of the molecule is O=C([O-])c1ccc(NS(=O)(=O)c2ccc(Cl)c([N+](=O)[O-])c2)cc1.[K]. The van der Waals surface area contributed by atoms with Crippen molar-refractivity contribution >= 4 is 90.4 Å². The molecule has 2 rings (SSSR count). The number of benzene rings is 2. The van der Waals surface area contributed by atoms with Crippen molar-refractivity contribution in [1.29, 1.82) is 0 Å². The monoisotopic (exact) mass is 394 g/mol. The van der Waals surface area contributed by atoms with Crippen molar-refractivity contribution in [2.24, 2.45) is 0 Å². The zero-order valence-electron chi connectivity index (χ0n) is 12.2. The minimum absolute atomic E-state index is 0. The van der Waals surface area contributed by atoms with E-state index in [9.17, 15) is 28.4 Å². The van der Waals surface area contributed by atoms with Crippen LogP contribution in [0.4, 0.5) is 11.4 Å². The number of halogens is 1. The first-order chi connectivity index (χ1) is 10.7. The van der Waals surface area contributed by atoms with Crippen LogP contribution in [0, 0.1) is 10.1 Å². The fraction of sp³-hybridized carbons (Fsp3) is 0. The van der Waals surface area contributed by atoms with Gasteiger partial charge in [0.05, 0.1) is 15.8 Å². The van der Waals surface area contributed by atoms with Crippen molar-refractivity contribution in [2.45, 2.75) is 4.90 Å². The molecule has 24 heavy (non-hydrogen) atoms. The molecule has 1 radical (unpaired) electrons. The zero-order valence-corrected chi connectivity index (χ0v) is 16.9. The summed E-state index contributed by atoms with van der Waals surface area (Å²) in [7, 11) is -4.10. The number of carboxylic acids is 1. The van der Waals surface area contributed by atoms with Crippen LogP contribution in [0.3, 0.4) is 0 Å². The molecule has 11 heteroatoms. The van der Waals surface area contributed by atoms with Crippen LogP contribution in [-0.2, 0) is 10.0 Å². The molecule has 0 fully saturated rings. The number of nitro benzene ring substituents is 1. The molecule has 0 aromatic heterocycles. The van der Waals surface area contributed by atoms with Crippen LogP contribution in [0.25, 0.3) is 0 Å². The van der Waals surface area contributed by atoms with Crippen molar-refractivity contribution in [3.8, 4) is 0 Å². The van der Waals surface area contributed by atoms with E-state index in [1.165, 1.54) is 12.1 Å². The summed E-state index contributed by atoms with van der Waals surface area (Å²) in [6.07, 6.45) is 0. The number of aromatic carboxylic acids is 1. The van der Waals surface area contributed by atoms with Crippen LogP contribution in [-0.4, -0.2) is 70.7 Å². The summed E-state index contributed by atoms with van der Waals surface area (Å²) in [5.74, 6) is -1.40. The number of sulfonamides is 1. The molecular formula is C13H8ClKN2O6S-. The van der Waals surface area contributed by atoms with Crippen molar-refractivity contribution in [1.82, 2.24) is 0 Å². The molecule has 0 atom stereocenters. The maximum Gasteiger partial charge on any atom is 0.289 e. The van der Waals surface area contributed by atoms with E-state index in [1.807, 2.05) is 0 Å². The van der Waals surface area contributed by atoms with E-state index < -0.39 is 26.6 Å². The molecule has 0 aliphatic heterocycles. The third-order valence-electron chi connectivity index (χ3n) is 2.80. The Kier molecular flexibility index (Phi) is 7.35. The van der Waals surface area contributed by atoms with Crippen LogP contribution >= 0.6 is 11.6 Å². The Morgan fingerprint density at radius 1 is 1.12 bits per heavy atom. The average molecular weight is 395 g/mol. The van der Waals surface area contributed by atoms with E-state index in [4.69, 9.17) is 11.6 Å². The molecule has 0 aliphatic carbocycles. The summed E-state index contributed by atoms with van der Waals surface area (Å²) in [6.45, 7) is 0. The van der Waals surface area contributed by atoms with Crippen molar-refractivity contribution in [2.75, 3.05) is 4.72 Å². The first-order valence-corrected chi connectivity index (χ1v) is 7.85. The normalized spacial score (nSPS) is 10.5. The summed E-state index contributed by atoms with van der Waals surface area (Å²) in [6, 6.07) is 7.84.